The van der Waals surface area contributed by atoms with Gasteiger partial charge in [-0.15, -0.1) is 0 Å². The summed E-state index contributed by atoms with van der Waals surface area (Å²) in [6.07, 6.45) is -0.494. The summed E-state index contributed by atoms with van der Waals surface area (Å²) < 4.78 is 32.7. The third-order valence-corrected chi connectivity index (χ3v) is 12.3. The molecule has 0 bridgehead atoms. The number of carbonyl (C=O) groups excluding carboxylic acids is 9. The van der Waals surface area contributed by atoms with Crippen molar-refractivity contribution in [3.63, 3.8) is 0 Å². The number of benzene rings is 6. The molecule has 4 N–H and O–H groups in total. The van der Waals surface area contributed by atoms with Gasteiger partial charge < -0.3 is 49.5 Å². The zero-order valence-corrected chi connectivity index (χ0v) is 44.5. The van der Waals surface area contributed by atoms with E-state index < -0.39 is 67.7 Å². The number of nitrogens with one attached hydrogen (secondary N) is 3. The van der Waals surface area contributed by atoms with Crippen LogP contribution in [0, 0.1) is 5.41 Å². The lowest BCUT2D eigenvalue weighted by Crippen LogP contribution is -2.43. The predicted molar refractivity (Wildman–Crippen MR) is 295 cm³/mol. The van der Waals surface area contributed by atoms with Gasteiger partial charge in [0.15, 0.2) is 17.3 Å². The van der Waals surface area contributed by atoms with E-state index in [1.165, 1.54) is 18.2 Å². The zero-order chi connectivity index (χ0) is 57.7. The Hall–Kier alpha value is -9.01. The van der Waals surface area contributed by atoms with Crippen molar-refractivity contribution < 1.29 is 76.7 Å². The van der Waals surface area contributed by atoms with Crippen LogP contribution in [0.15, 0.2) is 164 Å². The summed E-state index contributed by atoms with van der Waals surface area (Å²) in [5, 5.41) is 19.6. The molecular weight excluding hydrogens is 1040 g/mol. The van der Waals surface area contributed by atoms with Crippen molar-refractivity contribution in [2.24, 2.45) is 5.41 Å². The molecule has 0 aliphatic rings. The first-order valence-electron chi connectivity index (χ1n) is 26.2. The summed E-state index contributed by atoms with van der Waals surface area (Å²) in [5.41, 5.74) is 0.572. The van der Waals surface area contributed by atoms with Crippen molar-refractivity contribution in [1.82, 2.24) is 16.0 Å². The van der Waals surface area contributed by atoms with Gasteiger partial charge in [0.25, 0.3) is 0 Å². The molecule has 0 aromatic heterocycles. The minimum atomic E-state index is -1.58. The second kappa shape index (κ2) is 32.8. The monoisotopic (exact) mass is 1110 g/mol. The third-order valence-electron chi connectivity index (χ3n) is 12.3. The molecule has 19 heteroatoms. The first-order chi connectivity index (χ1) is 39.4. The maximum Gasteiger partial charge on any atom is 0.338 e. The lowest BCUT2D eigenvalue weighted by atomic mass is 9.92. The van der Waals surface area contributed by atoms with Crippen LogP contribution in [0.25, 0.3) is 0 Å². The van der Waals surface area contributed by atoms with Crippen LogP contribution < -0.4 is 16.0 Å². The Kier molecular flexibility index (Phi) is 24.8. The van der Waals surface area contributed by atoms with E-state index in [9.17, 15) is 48.3 Å². The molecule has 0 fully saturated rings. The zero-order valence-electron chi connectivity index (χ0n) is 44.5. The largest absolute Gasteiger partial charge is 0.465 e. The van der Waals surface area contributed by atoms with Crippen molar-refractivity contribution in [3.05, 3.63) is 214 Å². The Morgan fingerprint density at radius 1 is 0.321 bits per heavy atom. The molecule has 6 aromatic carbocycles. The molecule has 422 valence electrons. The fourth-order valence-corrected chi connectivity index (χ4v) is 7.82. The van der Waals surface area contributed by atoms with Gasteiger partial charge in [0.2, 0.25) is 0 Å². The molecule has 0 aliphatic heterocycles. The minimum Gasteiger partial charge on any atom is -0.465 e. The third kappa shape index (κ3) is 19.4. The highest BCUT2D eigenvalue weighted by atomic mass is 16.6. The number of aliphatic hydroxyl groups is 1. The van der Waals surface area contributed by atoms with Crippen LogP contribution in [0.3, 0.4) is 0 Å². The topological polar surface area (TPSA) is 265 Å². The summed E-state index contributed by atoms with van der Waals surface area (Å²) in [4.78, 5) is 117. The van der Waals surface area contributed by atoms with Crippen LogP contribution in [-0.4, -0.2) is 144 Å². The van der Waals surface area contributed by atoms with Crippen LogP contribution >= 0.6 is 0 Å². The second-order valence-corrected chi connectivity index (χ2v) is 18.3. The minimum absolute atomic E-state index is 0.0837. The van der Waals surface area contributed by atoms with Crippen molar-refractivity contribution in [2.45, 2.75) is 19.3 Å². The standard InChI is InChI=1S/C62H63N3O16/c66-40-62(41-79-53(67)28-31-63-34-37-76-59(73)50-25-13-10-22-47(50)56(70)44-16-4-1-5-17-44,42-80-54(68)29-32-64-35-38-77-60(74)51-26-14-11-23-48(51)57(71)45-18-6-2-7-19-45)43-81-55(69)30-33-65-36-39-78-61(75)52-27-15-12-24-49(52)58(72)46-20-8-3-9-21-46/h1-27,63-66H,28-43H2. The van der Waals surface area contributed by atoms with Gasteiger partial charge in [0.05, 0.1) is 48.0 Å². The quantitative estimate of drug-likeness (QED) is 0.0161. The van der Waals surface area contributed by atoms with Gasteiger partial charge in [0.1, 0.15) is 39.6 Å². The highest BCUT2D eigenvalue weighted by Crippen LogP contribution is 2.22. The molecule has 0 saturated carbocycles. The first-order valence-corrected chi connectivity index (χ1v) is 26.2. The summed E-state index contributed by atoms with van der Waals surface area (Å²) in [6.45, 7) is -1.81. The van der Waals surface area contributed by atoms with Gasteiger partial charge in [-0.1, -0.05) is 146 Å². The molecule has 0 unspecified atom stereocenters. The smallest absolute Gasteiger partial charge is 0.338 e. The highest BCUT2D eigenvalue weighted by molar-refractivity contribution is 6.16. The number of esters is 6. The average Bonchev–Trinajstić information content (AvgIpc) is 3.53. The molecule has 0 amide bonds. The average molecular weight is 1110 g/mol. The Labute approximate surface area is 468 Å². The summed E-state index contributed by atoms with van der Waals surface area (Å²) in [7, 11) is 0. The molecule has 19 nitrogen and oxygen atoms in total. The SMILES string of the molecule is O=C(CCNCCOC(=O)c1ccccc1C(=O)c1ccccc1)OCC(CO)(COC(=O)CCNCCOC(=O)c1ccccc1C(=O)c1ccccc1)COC(=O)CCNCCOC(=O)c1ccccc1C(=O)c1ccccc1. The number of ether oxygens (including phenoxy) is 6. The summed E-state index contributed by atoms with van der Waals surface area (Å²) >= 11 is 0. The van der Waals surface area contributed by atoms with Crippen LogP contribution in [0.4, 0.5) is 0 Å². The summed E-state index contributed by atoms with van der Waals surface area (Å²) in [5.74, 6) is -5.22. The Morgan fingerprint density at radius 3 is 0.827 bits per heavy atom. The number of rotatable bonds is 34. The number of carbonyl (C=O) groups is 9. The van der Waals surface area contributed by atoms with E-state index in [0.717, 1.165) is 0 Å². The lowest BCUT2D eigenvalue weighted by molar-refractivity contribution is -0.165. The fourth-order valence-electron chi connectivity index (χ4n) is 7.82. The Balaban J connectivity index is 0.936. The van der Waals surface area contributed by atoms with Gasteiger partial charge in [-0.2, -0.15) is 0 Å². The molecule has 0 heterocycles. The lowest BCUT2D eigenvalue weighted by Gasteiger charge is -2.30. The summed E-state index contributed by atoms with van der Waals surface area (Å²) in [6, 6.07) is 44.5. The second-order valence-electron chi connectivity index (χ2n) is 18.3. The maximum atomic E-state index is 13.1. The molecule has 81 heavy (non-hydrogen) atoms. The highest BCUT2D eigenvalue weighted by Gasteiger charge is 2.36. The molecule has 0 spiro atoms. The Bertz CT molecular complexity index is 2760. The molecule has 0 radical (unpaired) electrons. The Morgan fingerprint density at radius 2 is 0.568 bits per heavy atom. The molecule has 0 saturated heterocycles. The normalized spacial score (nSPS) is 10.9. The molecule has 0 atom stereocenters. The number of ketones is 3. The fraction of sp³-hybridized carbons (Fsp3) is 0.274. The van der Waals surface area contributed by atoms with Gasteiger partial charge in [-0.3, -0.25) is 28.8 Å². The van der Waals surface area contributed by atoms with Crippen molar-refractivity contribution in [1.29, 1.82) is 0 Å². The van der Waals surface area contributed by atoms with Gasteiger partial charge in [-0.25, -0.2) is 14.4 Å². The van der Waals surface area contributed by atoms with Crippen molar-refractivity contribution in [3.8, 4) is 0 Å². The van der Waals surface area contributed by atoms with E-state index in [4.69, 9.17) is 28.4 Å². The van der Waals surface area contributed by atoms with Gasteiger partial charge in [0, 0.05) is 72.6 Å². The van der Waals surface area contributed by atoms with Crippen LogP contribution in [0.5, 0.6) is 0 Å². The predicted octanol–water partition coefficient (Wildman–Crippen LogP) is 5.80. The van der Waals surface area contributed by atoms with E-state index in [1.54, 1.807) is 146 Å². The van der Waals surface area contributed by atoms with E-state index in [2.05, 4.69) is 16.0 Å². The van der Waals surface area contributed by atoms with E-state index in [-0.39, 0.29) is 129 Å². The van der Waals surface area contributed by atoms with Gasteiger partial charge >= 0.3 is 35.8 Å². The molecular formula is C62H63N3O16. The van der Waals surface area contributed by atoms with Crippen LogP contribution in [-0.2, 0) is 42.8 Å². The first kappa shape index (κ1) is 61.2. The van der Waals surface area contributed by atoms with Crippen molar-refractivity contribution in [2.75, 3.05) is 85.5 Å². The van der Waals surface area contributed by atoms with Gasteiger partial charge in [-0.05, 0) is 18.2 Å². The maximum absolute atomic E-state index is 13.1. The van der Waals surface area contributed by atoms with E-state index >= 15 is 0 Å². The molecule has 0 aliphatic carbocycles. The van der Waals surface area contributed by atoms with E-state index in [1.807, 2.05) is 0 Å². The molecule has 6 rings (SSSR count). The number of hydrogen-bond donors (Lipinski definition) is 4. The van der Waals surface area contributed by atoms with Crippen molar-refractivity contribution >= 4 is 53.2 Å². The number of aliphatic hydroxyl groups excluding tert-OH is 1. The van der Waals surface area contributed by atoms with Crippen LogP contribution in [0.1, 0.15) is 98.1 Å². The van der Waals surface area contributed by atoms with E-state index in [0.29, 0.717) is 16.7 Å². The molecule has 6 aromatic rings. The number of hydrogen-bond acceptors (Lipinski definition) is 19. The van der Waals surface area contributed by atoms with Crippen LogP contribution in [0.2, 0.25) is 0 Å².